The van der Waals surface area contributed by atoms with Crippen LogP contribution in [-0.4, -0.2) is 45.4 Å². The molecule has 1 aromatic rings. The van der Waals surface area contributed by atoms with Crippen LogP contribution < -0.4 is 4.90 Å². The van der Waals surface area contributed by atoms with Gasteiger partial charge in [0.2, 0.25) is 10.0 Å². The molecule has 1 aliphatic heterocycles. The third-order valence-electron chi connectivity index (χ3n) is 3.62. The maximum Gasteiger partial charge on any atom is 0.218 e. The molecule has 1 saturated heterocycles. The molecule has 0 spiro atoms. The minimum Gasteiger partial charge on any atom is -0.333 e. The Morgan fingerprint density at radius 3 is 2.47 bits per heavy atom. The molecule has 1 aliphatic rings. The van der Waals surface area contributed by atoms with Crippen molar-refractivity contribution in [3.63, 3.8) is 0 Å². The zero-order valence-corrected chi connectivity index (χ0v) is 12.7. The Labute approximate surface area is 120 Å². The van der Waals surface area contributed by atoms with Gasteiger partial charge in [-0.1, -0.05) is 29.8 Å². The van der Waals surface area contributed by atoms with Crippen molar-refractivity contribution in [2.24, 2.45) is 0 Å². The molecular formula is C13H20ClN2O2S+. The van der Waals surface area contributed by atoms with E-state index in [-0.39, 0.29) is 5.75 Å². The summed E-state index contributed by atoms with van der Waals surface area (Å²) in [5.41, 5.74) is 0.675. The molecule has 1 aromatic carbocycles. The maximum absolute atomic E-state index is 12.4. The molecule has 19 heavy (non-hydrogen) atoms. The second-order valence-electron chi connectivity index (χ2n) is 4.85. The summed E-state index contributed by atoms with van der Waals surface area (Å²) in [6.45, 7) is 6.17. The lowest BCUT2D eigenvalue weighted by Crippen LogP contribution is -3.14. The molecule has 1 heterocycles. The number of benzene rings is 1. The number of nitrogens with zero attached hydrogens (tertiary/aromatic N) is 1. The Hall–Kier alpha value is -0.620. The highest BCUT2D eigenvalue weighted by Gasteiger charge is 2.28. The second kappa shape index (κ2) is 6.22. The first-order chi connectivity index (χ1) is 9.03. The van der Waals surface area contributed by atoms with Crippen LogP contribution in [0.15, 0.2) is 24.3 Å². The first kappa shape index (κ1) is 14.8. The van der Waals surface area contributed by atoms with Gasteiger partial charge >= 0.3 is 0 Å². The van der Waals surface area contributed by atoms with Gasteiger partial charge < -0.3 is 4.90 Å². The van der Waals surface area contributed by atoms with Crippen LogP contribution >= 0.6 is 11.6 Å². The lowest BCUT2D eigenvalue weighted by Gasteiger charge is -2.30. The predicted octanol–water partition coefficient (Wildman–Crippen LogP) is 0.390. The molecule has 0 aliphatic carbocycles. The van der Waals surface area contributed by atoms with Crippen molar-refractivity contribution in [3.05, 3.63) is 34.9 Å². The largest absolute Gasteiger partial charge is 0.333 e. The Morgan fingerprint density at radius 1 is 1.26 bits per heavy atom. The highest BCUT2D eigenvalue weighted by atomic mass is 35.5. The third kappa shape index (κ3) is 3.69. The quantitative estimate of drug-likeness (QED) is 0.874. The number of piperazine rings is 1. The van der Waals surface area contributed by atoms with Gasteiger partial charge in [-0.05, 0) is 18.6 Å². The van der Waals surface area contributed by atoms with Gasteiger partial charge in [0.1, 0.15) is 0 Å². The smallest absolute Gasteiger partial charge is 0.218 e. The number of hydrogen-bond acceptors (Lipinski definition) is 2. The normalized spacial score (nSPS) is 18.6. The molecule has 1 fully saturated rings. The number of quaternary nitrogens is 1. The van der Waals surface area contributed by atoms with Crippen LogP contribution in [0.5, 0.6) is 0 Å². The van der Waals surface area contributed by atoms with Gasteiger partial charge in [0.05, 0.1) is 38.5 Å². The molecule has 106 valence electrons. The van der Waals surface area contributed by atoms with E-state index in [9.17, 15) is 8.42 Å². The van der Waals surface area contributed by atoms with E-state index >= 15 is 0 Å². The van der Waals surface area contributed by atoms with E-state index < -0.39 is 10.0 Å². The third-order valence-corrected chi connectivity index (χ3v) is 5.82. The molecule has 0 saturated carbocycles. The van der Waals surface area contributed by atoms with Crippen molar-refractivity contribution < 1.29 is 13.3 Å². The highest BCUT2D eigenvalue weighted by molar-refractivity contribution is 7.88. The number of rotatable bonds is 4. The van der Waals surface area contributed by atoms with E-state index in [0.29, 0.717) is 23.7 Å². The lowest BCUT2D eigenvalue weighted by molar-refractivity contribution is -0.901. The number of nitrogens with one attached hydrogen (secondary N) is 1. The molecule has 0 radical (unpaired) electrons. The van der Waals surface area contributed by atoms with E-state index in [2.05, 4.69) is 6.92 Å². The van der Waals surface area contributed by atoms with Gasteiger partial charge in [0.25, 0.3) is 0 Å². The van der Waals surface area contributed by atoms with Crippen LogP contribution in [0.4, 0.5) is 0 Å². The maximum atomic E-state index is 12.4. The molecule has 0 amide bonds. The fraction of sp³-hybridized carbons (Fsp3) is 0.538. The van der Waals surface area contributed by atoms with Crippen LogP contribution in [0.25, 0.3) is 0 Å². The SMILES string of the molecule is CC[NH+]1CCN(S(=O)(=O)Cc2ccccc2Cl)CC1. The molecule has 4 nitrogen and oxygen atoms in total. The average molecular weight is 304 g/mol. The second-order valence-corrected chi connectivity index (χ2v) is 7.23. The van der Waals surface area contributed by atoms with E-state index in [1.54, 1.807) is 16.4 Å². The van der Waals surface area contributed by atoms with Crippen molar-refractivity contribution in [1.82, 2.24) is 4.31 Å². The lowest BCUT2D eigenvalue weighted by atomic mass is 10.2. The summed E-state index contributed by atoms with van der Waals surface area (Å²) in [6.07, 6.45) is 0. The molecule has 0 aromatic heterocycles. The van der Waals surface area contributed by atoms with Crippen LogP contribution in [0.2, 0.25) is 5.02 Å². The van der Waals surface area contributed by atoms with Gasteiger partial charge in [-0.15, -0.1) is 0 Å². The van der Waals surface area contributed by atoms with Crippen molar-refractivity contribution in [1.29, 1.82) is 0 Å². The summed E-state index contributed by atoms with van der Waals surface area (Å²) in [7, 11) is -3.25. The van der Waals surface area contributed by atoms with Crippen molar-refractivity contribution >= 4 is 21.6 Å². The summed E-state index contributed by atoms with van der Waals surface area (Å²) in [5.74, 6) is -0.00582. The van der Waals surface area contributed by atoms with Gasteiger partial charge in [-0.25, -0.2) is 8.42 Å². The summed E-state index contributed by atoms with van der Waals surface area (Å²) in [5, 5.41) is 0.517. The van der Waals surface area contributed by atoms with E-state index in [0.717, 1.165) is 19.6 Å². The summed E-state index contributed by atoms with van der Waals surface area (Å²) in [6, 6.07) is 7.12. The Kier molecular flexibility index (Phi) is 4.84. The number of sulfonamides is 1. The molecule has 0 bridgehead atoms. The highest BCUT2D eigenvalue weighted by Crippen LogP contribution is 2.19. The van der Waals surface area contributed by atoms with Crippen LogP contribution in [-0.2, 0) is 15.8 Å². The summed E-state index contributed by atoms with van der Waals surface area (Å²) in [4.78, 5) is 1.46. The van der Waals surface area contributed by atoms with Crippen LogP contribution in [0.3, 0.4) is 0 Å². The predicted molar refractivity (Wildman–Crippen MR) is 76.9 cm³/mol. The standard InChI is InChI=1S/C13H19ClN2O2S/c1-2-15-7-9-16(10-8-15)19(17,18)11-12-5-3-4-6-13(12)14/h3-6H,2,7-11H2,1H3/p+1. The summed E-state index contributed by atoms with van der Waals surface area (Å²) < 4.78 is 26.3. The zero-order valence-electron chi connectivity index (χ0n) is 11.1. The number of likely N-dealkylation sites (N-methyl/N-ethyl adjacent to an activating group) is 1. The minimum absolute atomic E-state index is 0.00582. The van der Waals surface area contributed by atoms with E-state index in [4.69, 9.17) is 11.6 Å². The van der Waals surface area contributed by atoms with Gasteiger partial charge in [0.15, 0.2) is 0 Å². The first-order valence-electron chi connectivity index (χ1n) is 6.57. The van der Waals surface area contributed by atoms with E-state index in [1.807, 2.05) is 12.1 Å². The van der Waals surface area contributed by atoms with Crippen LogP contribution in [0.1, 0.15) is 12.5 Å². The molecule has 6 heteroatoms. The molecule has 0 atom stereocenters. The molecule has 2 rings (SSSR count). The summed E-state index contributed by atoms with van der Waals surface area (Å²) >= 11 is 6.03. The van der Waals surface area contributed by atoms with Crippen molar-refractivity contribution in [2.45, 2.75) is 12.7 Å². The number of hydrogen-bond donors (Lipinski definition) is 1. The van der Waals surface area contributed by atoms with E-state index in [1.165, 1.54) is 4.90 Å². The minimum atomic E-state index is -3.25. The zero-order chi connectivity index (χ0) is 13.9. The van der Waals surface area contributed by atoms with Gasteiger partial charge in [-0.3, -0.25) is 0 Å². The van der Waals surface area contributed by atoms with Crippen molar-refractivity contribution in [2.75, 3.05) is 32.7 Å². The van der Waals surface area contributed by atoms with Crippen molar-refractivity contribution in [3.8, 4) is 0 Å². The fourth-order valence-electron chi connectivity index (χ4n) is 2.34. The Balaban J connectivity index is 2.05. The van der Waals surface area contributed by atoms with Crippen LogP contribution in [0, 0.1) is 0 Å². The Bertz CT molecular complexity index is 525. The molecule has 0 unspecified atom stereocenters. The molecule has 1 N–H and O–H groups in total. The van der Waals surface area contributed by atoms with Gasteiger partial charge in [-0.2, -0.15) is 4.31 Å². The first-order valence-corrected chi connectivity index (χ1v) is 8.56. The molecular weight excluding hydrogens is 284 g/mol. The fourth-order valence-corrected chi connectivity index (χ4v) is 4.19. The topological polar surface area (TPSA) is 41.8 Å². The average Bonchev–Trinajstić information content (AvgIpc) is 2.41. The number of halogens is 1. The monoisotopic (exact) mass is 303 g/mol. The Morgan fingerprint density at radius 2 is 1.89 bits per heavy atom. The van der Waals surface area contributed by atoms with Gasteiger partial charge in [0, 0.05) is 5.02 Å².